The number of aliphatic carboxylic acids is 1. The van der Waals surface area contributed by atoms with Gasteiger partial charge >= 0.3 is 12.0 Å². The minimum Gasteiger partial charge on any atom is -0.480 e. The third-order valence-electron chi connectivity index (χ3n) is 4.95. The Bertz CT molecular complexity index is 1140. The van der Waals surface area contributed by atoms with Crippen LogP contribution in [0.25, 0.3) is 10.9 Å². The molecule has 3 aromatic rings. The highest BCUT2D eigenvalue weighted by molar-refractivity contribution is 5.84. The Morgan fingerprint density at radius 2 is 1.97 bits per heavy atom. The first kappa shape index (κ1) is 23.7. The number of aromatic amines is 1. The first-order chi connectivity index (χ1) is 15.7. The second-order valence-corrected chi connectivity index (χ2v) is 7.56. The summed E-state index contributed by atoms with van der Waals surface area (Å²) in [5.41, 5.74) is 13.4. The number of benzene rings is 1. The molecule has 4 atom stereocenters. The molecule has 3 amide bonds. The molecule has 2 heterocycles. The molecule has 33 heavy (non-hydrogen) atoms. The topological polar surface area (TPSA) is 222 Å². The maximum Gasteiger partial charge on any atom is 0.328 e. The molecule has 0 aliphatic rings. The number of carboxylic acids is 1. The fraction of sp³-hybridized carbons (Fsp3) is 0.350. The Hall–Kier alpha value is -3.97. The summed E-state index contributed by atoms with van der Waals surface area (Å²) in [5, 5.41) is 27.9. The maximum atomic E-state index is 12.2. The highest BCUT2D eigenvalue weighted by atomic mass is 16.5. The zero-order valence-corrected chi connectivity index (χ0v) is 17.7. The fourth-order valence-electron chi connectivity index (χ4n) is 3.30. The van der Waals surface area contributed by atoms with Crippen LogP contribution in [0.2, 0.25) is 0 Å². The molecule has 2 unspecified atom stereocenters. The molecule has 176 valence electrons. The van der Waals surface area contributed by atoms with Crippen molar-refractivity contribution >= 4 is 28.8 Å². The molecule has 0 bridgehead atoms. The number of nitrogens with zero attached hydrogens (tertiary/aromatic N) is 2. The third-order valence-corrected chi connectivity index (χ3v) is 4.95. The van der Waals surface area contributed by atoms with Crippen molar-refractivity contribution < 1.29 is 29.1 Å². The lowest BCUT2D eigenvalue weighted by molar-refractivity contribution is -0.141. The third kappa shape index (κ3) is 5.84. The highest BCUT2D eigenvalue weighted by Crippen LogP contribution is 2.23. The Morgan fingerprint density at radius 1 is 1.24 bits per heavy atom. The minimum absolute atomic E-state index is 0.128. The number of rotatable bonds is 10. The minimum atomic E-state index is -1.57. The molecule has 0 aliphatic carbocycles. The Balaban J connectivity index is 1.72. The molecule has 13 nitrogen and oxygen atoms in total. The van der Waals surface area contributed by atoms with Crippen LogP contribution in [0, 0.1) is 0 Å². The number of nitrogens with two attached hydrogens (primary N) is 2. The van der Waals surface area contributed by atoms with Gasteiger partial charge in [0, 0.05) is 17.1 Å². The molecule has 1 aromatic carbocycles. The van der Waals surface area contributed by atoms with Crippen molar-refractivity contribution in [3.8, 4) is 0 Å². The summed E-state index contributed by atoms with van der Waals surface area (Å²) in [5.74, 6) is -2.18. The van der Waals surface area contributed by atoms with Gasteiger partial charge in [-0.25, -0.2) is 9.59 Å². The van der Waals surface area contributed by atoms with Gasteiger partial charge in [-0.3, -0.25) is 4.79 Å². The molecule has 9 N–H and O–H groups in total. The van der Waals surface area contributed by atoms with Crippen molar-refractivity contribution in [1.29, 1.82) is 0 Å². The number of carbonyl (C=O) groups is 3. The van der Waals surface area contributed by atoms with E-state index in [9.17, 15) is 19.5 Å². The molecular weight excluding hydrogens is 434 g/mol. The fourth-order valence-corrected chi connectivity index (χ4v) is 3.30. The summed E-state index contributed by atoms with van der Waals surface area (Å²) < 4.78 is 5.19. The van der Waals surface area contributed by atoms with E-state index in [-0.39, 0.29) is 18.1 Å². The average Bonchev–Trinajstić information content (AvgIpc) is 3.39. The number of hydrogen-bond donors (Lipinski definition) is 7. The molecule has 0 saturated heterocycles. The van der Waals surface area contributed by atoms with Gasteiger partial charge in [0.25, 0.3) is 0 Å². The number of nitrogens with one attached hydrogen (secondary N) is 3. The largest absolute Gasteiger partial charge is 0.480 e. The van der Waals surface area contributed by atoms with Crippen LogP contribution in [0.1, 0.15) is 42.7 Å². The molecule has 2 aromatic heterocycles. The van der Waals surface area contributed by atoms with Gasteiger partial charge in [-0.05, 0) is 25.0 Å². The summed E-state index contributed by atoms with van der Waals surface area (Å²) in [6.45, 7) is 1.21. The monoisotopic (exact) mass is 459 g/mol. The van der Waals surface area contributed by atoms with Crippen molar-refractivity contribution in [2.45, 2.75) is 44.0 Å². The summed E-state index contributed by atoms with van der Waals surface area (Å²) in [4.78, 5) is 42.2. The molecule has 0 radical (unpaired) electrons. The normalized spacial score (nSPS) is 14.9. The van der Waals surface area contributed by atoms with E-state index < -0.39 is 42.1 Å². The number of carbonyl (C=O) groups excluding carboxylic acids is 2. The van der Waals surface area contributed by atoms with E-state index in [0.29, 0.717) is 6.42 Å². The van der Waals surface area contributed by atoms with Crippen molar-refractivity contribution in [3.63, 3.8) is 0 Å². The number of H-pyrrole nitrogens is 1. The second kappa shape index (κ2) is 10.1. The van der Waals surface area contributed by atoms with Crippen molar-refractivity contribution in [1.82, 2.24) is 25.8 Å². The van der Waals surface area contributed by atoms with Gasteiger partial charge in [0.05, 0.1) is 18.6 Å². The van der Waals surface area contributed by atoms with Gasteiger partial charge in [-0.1, -0.05) is 23.4 Å². The molecule has 13 heteroatoms. The quantitative estimate of drug-likeness (QED) is 0.214. The molecule has 0 aliphatic heterocycles. The second-order valence-electron chi connectivity index (χ2n) is 7.56. The number of carboxylic acid groups (broad SMARTS) is 1. The molecule has 3 rings (SSSR count). The van der Waals surface area contributed by atoms with E-state index in [1.165, 1.54) is 6.92 Å². The van der Waals surface area contributed by atoms with Gasteiger partial charge in [-0.2, -0.15) is 4.98 Å². The Kier molecular flexibility index (Phi) is 7.25. The van der Waals surface area contributed by atoms with Crippen LogP contribution in [0.5, 0.6) is 0 Å². The number of urea groups is 1. The van der Waals surface area contributed by atoms with Gasteiger partial charge in [0.15, 0.2) is 11.9 Å². The summed E-state index contributed by atoms with van der Waals surface area (Å²) in [6, 6.07) is 3.40. The number of hydrogen-bond acceptors (Lipinski definition) is 8. The SMILES string of the molecule is CC(O)C(NC(=O)N[C@@H](CC(N)=O)c1nc([C@@H](N)Cc2c[nH]c3ccccc23)no1)C(=O)O. The predicted molar refractivity (Wildman–Crippen MR) is 115 cm³/mol. The van der Waals surface area contributed by atoms with E-state index in [4.69, 9.17) is 21.1 Å². The number of fused-ring (bicyclic) bond motifs is 1. The number of para-hydroxylation sites is 1. The number of amides is 3. The molecule has 0 fully saturated rings. The van der Waals surface area contributed by atoms with Gasteiger partial charge in [0.1, 0.15) is 6.04 Å². The van der Waals surface area contributed by atoms with E-state index in [1.807, 2.05) is 30.5 Å². The predicted octanol–water partition coefficient (Wildman–Crippen LogP) is -0.157. The lowest BCUT2D eigenvalue weighted by Gasteiger charge is -2.19. The van der Waals surface area contributed by atoms with Crippen LogP contribution in [0.15, 0.2) is 35.0 Å². The van der Waals surface area contributed by atoms with Gasteiger partial charge in [-0.15, -0.1) is 0 Å². The lowest BCUT2D eigenvalue weighted by Crippen LogP contribution is -2.52. The maximum absolute atomic E-state index is 12.2. The highest BCUT2D eigenvalue weighted by Gasteiger charge is 2.29. The van der Waals surface area contributed by atoms with Crippen LogP contribution in [-0.2, 0) is 16.0 Å². The van der Waals surface area contributed by atoms with Crippen LogP contribution in [0.3, 0.4) is 0 Å². The zero-order chi connectivity index (χ0) is 24.1. The van der Waals surface area contributed by atoms with E-state index in [0.717, 1.165) is 16.5 Å². The van der Waals surface area contributed by atoms with Crippen LogP contribution in [0.4, 0.5) is 4.79 Å². The van der Waals surface area contributed by atoms with Crippen molar-refractivity contribution in [3.05, 3.63) is 47.7 Å². The first-order valence-electron chi connectivity index (χ1n) is 10.1. The summed E-state index contributed by atoms with van der Waals surface area (Å²) in [7, 11) is 0. The lowest BCUT2D eigenvalue weighted by atomic mass is 10.1. The standard InChI is InChI=1S/C20H25N7O6/c1-9(28)16(19(30)31)25-20(32)24-14(7-15(22)29)18-26-17(27-33-18)12(21)6-10-8-23-13-5-3-2-4-11(10)13/h2-5,8-9,12,14,16,23,28H,6-7,21H2,1H3,(H2,22,29)(H,30,31)(H2,24,25,32)/t9?,12-,14-,16?/m0/s1. The number of primary amides is 1. The molecular formula is C20H25N7O6. The van der Waals surface area contributed by atoms with Crippen LogP contribution >= 0.6 is 0 Å². The number of aliphatic hydroxyl groups is 1. The Labute approximate surface area is 187 Å². The molecule has 0 spiro atoms. The van der Waals surface area contributed by atoms with E-state index in [1.54, 1.807) is 0 Å². The van der Waals surface area contributed by atoms with E-state index in [2.05, 4.69) is 25.8 Å². The van der Waals surface area contributed by atoms with Crippen molar-refractivity contribution in [2.75, 3.05) is 0 Å². The van der Waals surface area contributed by atoms with E-state index >= 15 is 0 Å². The van der Waals surface area contributed by atoms with Crippen LogP contribution in [-0.4, -0.2) is 55.4 Å². The van der Waals surface area contributed by atoms with Gasteiger partial charge in [0.2, 0.25) is 11.8 Å². The first-order valence-corrected chi connectivity index (χ1v) is 10.1. The summed E-state index contributed by atoms with van der Waals surface area (Å²) in [6.07, 6.45) is 0.486. The Morgan fingerprint density at radius 3 is 2.64 bits per heavy atom. The van der Waals surface area contributed by atoms with Crippen molar-refractivity contribution in [2.24, 2.45) is 11.5 Å². The number of aromatic nitrogens is 3. The average molecular weight is 459 g/mol. The molecule has 0 saturated carbocycles. The van der Waals surface area contributed by atoms with Crippen LogP contribution < -0.4 is 22.1 Å². The zero-order valence-electron chi connectivity index (χ0n) is 17.7. The number of aliphatic hydroxyl groups excluding tert-OH is 1. The smallest absolute Gasteiger partial charge is 0.328 e. The summed E-state index contributed by atoms with van der Waals surface area (Å²) >= 11 is 0. The van der Waals surface area contributed by atoms with Gasteiger partial charge < -0.3 is 41.8 Å².